The summed E-state index contributed by atoms with van der Waals surface area (Å²) < 4.78 is 0. The molecule has 4 nitrogen and oxygen atoms in total. The van der Waals surface area contributed by atoms with Gasteiger partial charge in [-0.2, -0.15) is 0 Å². The van der Waals surface area contributed by atoms with Gasteiger partial charge < -0.3 is 15.5 Å². The van der Waals surface area contributed by atoms with E-state index in [1.54, 1.807) is 0 Å². The van der Waals surface area contributed by atoms with Gasteiger partial charge in [0.15, 0.2) is 5.96 Å². The van der Waals surface area contributed by atoms with Crippen molar-refractivity contribution >= 4 is 5.96 Å². The van der Waals surface area contributed by atoms with Crippen molar-refractivity contribution in [1.82, 2.24) is 15.5 Å². The Morgan fingerprint density at radius 3 is 3.00 bits per heavy atom. The lowest BCUT2D eigenvalue weighted by Gasteiger charge is -2.28. The molecule has 1 aliphatic rings. The van der Waals surface area contributed by atoms with Crippen LogP contribution in [0.1, 0.15) is 19.8 Å². The Morgan fingerprint density at radius 2 is 2.35 bits per heavy atom. The first-order chi connectivity index (χ1) is 8.26. The summed E-state index contributed by atoms with van der Waals surface area (Å²) in [6.45, 7) is 6.69. The van der Waals surface area contributed by atoms with E-state index in [1.165, 1.54) is 19.4 Å². The molecular weight excluding hydrogens is 212 g/mol. The van der Waals surface area contributed by atoms with Crippen molar-refractivity contribution in [2.45, 2.75) is 19.8 Å². The largest absolute Gasteiger partial charge is 0.357 e. The molecule has 0 spiro atoms. The molecule has 0 aromatic carbocycles. The van der Waals surface area contributed by atoms with Gasteiger partial charge in [-0.15, -0.1) is 6.42 Å². The monoisotopic (exact) mass is 236 g/mol. The van der Waals surface area contributed by atoms with Crippen molar-refractivity contribution in [1.29, 1.82) is 0 Å². The Kier molecular flexibility index (Phi) is 6.49. The van der Waals surface area contributed by atoms with Crippen LogP contribution in [0.2, 0.25) is 0 Å². The second kappa shape index (κ2) is 7.97. The van der Waals surface area contributed by atoms with Crippen LogP contribution in [-0.2, 0) is 0 Å². The summed E-state index contributed by atoms with van der Waals surface area (Å²) in [4.78, 5) is 6.96. The van der Waals surface area contributed by atoms with Crippen LogP contribution in [0.15, 0.2) is 4.99 Å². The van der Waals surface area contributed by atoms with Gasteiger partial charge in [-0.1, -0.05) is 5.92 Å². The molecular formula is C13H24N4. The highest BCUT2D eigenvalue weighted by atomic mass is 15.2. The van der Waals surface area contributed by atoms with Crippen LogP contribution in [0.3, 0.4) is 0 Å². The molecule has 96 valence electrons. The number of aliphatic imine (C=N–C) groups is 1. The SMILES string of the molecule is C#CCNC(=NCC1CCCN(C)C1)NCC. The lowest BCUT2D eigenvalue weighted by atomic mass is 9.99. The zero-order valence-electron chi connectivity index (χ0n) is 11.0. The predicted molar refractivity (Wildman–Crippen MR) is 73.0 cm³/mol. The van der Waals surface area contributed by atoms with Gasteiger partial charge in [0.1, 0.15) is 0 Å². The summed E-state index contributed by atoms with van der Waals surface area (Å²) in [6.07, 6.45) is 7.79. The minimum absolute atomic E-state index is 0.524. The van der Waals surface area contributed by atoms with Gasteiger partial charge in [0.05, 0.1) is 6.54 Å². The van der Waals surface area contributed by atoms with E-state index in [2.05, 4.69) is 40.4 Å². The third kappa shape index (κ3) is 5.60. The Labute approximate surface area is 105 Å². The van der Waals surface area contributed by atoms with E-state index in [-0.39, 0.29) is 0 Å². The van der Waals surface area contributed by atoms with Gasteiger partial charge in [0.25, 0.3) is 0 Å². The zero-order valence-corrected chi connectivity index (χ0v) is 11.0. The standard InChI is InChI=1S/C13H24N4/c1-4-8-15-13(14-5-2)16-10-12-7-6-9-17(3)11-12/h1,12H,5-11H2,2-3H3,(H2,14,15,16). The Morgan fingerprint density at radius 1 is 1.53 bits per heavy atom. The fourth-order valence-corrected chi connectivity index (χ4v) is 2.12. The molecule has 0 aliphatic carbocycles. The van der Waals surface area contributed by atoms with Crippen molar-refractivity contribution in [3.05, 3.63) is 0 Å². The molecule has 4 heteroatoms. The summed E-state index contributed by atoms with van der Waals surface area (Å²) in [5, 5.41) is 6.31. The molecule has 1 rings (SSSR count). The number of guanidine groups is 1. The summed E-state index contributed by atoms with van der Waals surface area (Å²) >= 11 is 0. The summed E-state index contributed by atoms with van der Waals surface area (Å²) in [7, 11) is 2.18. The van der Waals surface area contributed by atoms with Gasteiger partial charge in [0.2, 0.25) is 0 Å². The minimum atomic E-state index is 0.524. The number of nitrogens with zero attached hydrogens (tertiary/aromatic N) is 2. The predicted octanol–water partition coefficient (Wildman–Crippen LogP) is 0.516. The maximum Gasteiger partial charge on any atom is 0.192 e. The van der Waals surface area contributed by atoms with Crippen molar-refractivity contribution in [3.63, 3.8) is 0 Å². The van der Waals surface area contributed by atoms with E-state index in [0.29, 0.717) is 12.5 Å². The van der Waals surface area contributed by atoms with Crippen molar-refractivity contribution < 1.29 is 0 Å². The van der Waals surface area contributed by atoms with Crippen LogP contribution in [-0.4, -0.2) is 50.6 Å². The fourth-order valence-electron chi connectivity index (χ4n) is 2.12. The van der Waals surface area contributed by atoms with Gasteiger partial charge in [0, 0.05) is 19.6 Å². The van der Waals surface area contributed by atoms with Gasteiger partial charge >= 0.3 is 0 Å². The Bertz CT molecular complexity index is 280. The number of likely N-dealkylation sites (tertiary alicyclic amines) is 1. The number of hydrogen-bond donors (Lipinski definition) is 2. The fraction of sp³-hybridized carbons (Fsp3) is 0.769. The third-order valence-electron chi connectivity index (χ3n) is 2.93. The van der Waals surface area contributed by atoms with E-state index in [0.717, 1.165) is 25.6 Å². The molecule has 0 aromatic rings. The molecule has 17 heavy (non-hydrogen) atoms. The maximum atomic E-state index is 5.23. The normalized spacial score (nSPS) is 21.9. The highest BCUT2D eigenvalue weighted by Gasteiger charge is 2.16. The molecule has 1 atom stereocenters. The van der Waals surface area contributed by atoms with E-state index in [1.807, 2.05) is 0 Å². The van der Waals surface area contributed by atoms with Gasteiger partial charge in [-0.3, -0.25) is 4.99 Å². The molecule has 1 saturated heterocycles. The van der Waals surface area contributed by atoms with E-state index in [4.69, 9.17) is 6.42 Å². The number of piperidine rings is 1. The van der Waals surface area contributed by atoms with Crippen molar-refractivity contribution in [2.24, 2.45) is 10.9 Å². The third-order valence-corrected chi connectivity index (χ3v) is 2.93. The molecule has 0 bridgehead atoms. The molecule has 1 heterocycles. The molecule has 2 N–H and O–H groups in total. The molecule has 1 aliphatic heterocycles. The molecule has 1 unspecified atom stereocenters. The van der Waals surface area contributed by atoms with Crippen LogP contribution in [0.25, 0.3) is 0 Å². The molecule has 1 fully saturated rings. The van der Waals surface area contributed by atoms with Crippen molar-refractivity contribution in [3.8, 4) is 12.3 Å². The first-order valence-corrected chi connectivity index (χ1v) is 6.40. The van der Waals surface area contributed by atoms with Crippen LogP contribution in [0.5, 0.6) is 0 Å². The molecule has 0 saturated carbocycles. The van der Waals surface area contributed by atoms with Crippen molar-refractivity contribution in [2.75, 3.05) is 39.8 Å². The van der Waals surface area contributed by atoms with Crippen LogP contribution < -0.4 is 10.6 Å². The van der Waals surface area contributed by atoms with Crippen LogP contribution in [0, 0.1) is 18.3 Å². The smallest absolute Gasteiger partial charge is 0.192 e. The molecule has 0 amide bonds. The molecule has 0 radical (unpaired) electrons. The second-order valence-electron chi connectivity index (χ2n) is 4.55. The topological polar surface area (TPSA) is 39.7 Å². The van der Waals surface area contributed by atoms with E-state index >= 15 is 0 Å². The highest BCUT2D eigenvalue weighted by Crippen LogP contribution is 2.14. The number of terminal acetylenes is 1. The lowest BCUT2D eigenvalue weighted by Crippen LogP contribution is -2.39. The summed E-state index contributed by atoms with van der Waals surface area (Å²) in [5.74, 6) is 4.07. The highest BCUT2D eigenvalue weighted by molar-refractivity contribution is 5.79. The average Bonchev–Trinajstić information content (AvgIpc) is 2.33. The quantitative estimate of drug-likeness (QED) is 0.425. The Balaban J connectivity index is 2.38. The summed E-state index contributed by atoms with van der Waals surface area (Å²) in [6, 6.07) is 0. The van der Waals surface area contributed by atoms with E-state index < -0.39 is 0 Å². The van der Waals surface area contributed by atoms with Gasteiger partial charge in [-0.25, -0.2) is 0 Å². The van der Waals surface area contributed by atoms with Gasteiger partial charge in [-0.05, 0) is 39.3 Å². The first kappa shape index (κ1) is 13.9. The Hall–Kier alpha value is -1.21. The molecule has 0 aromatic heterocycles. The number of nitrogens with one attached hydrogen (secondary N) is 2. The summed E-state index contributed by atoms with van der Waals surface area (Å²) in [5.41, 5.74) is 0. The average molecular weight is 236 g/mol. The second-order valence-corrected chi connectivity index (χ2v) is 4.55. The van der Waals surface area contributed by atoms with Crippen LogP contribution >= 0.6 is 0 Å². The first-order valence-electron chi connectivity index (χ1n) is 6.40. The zero-order chi connectivity index (χ0) is 12.5. The minimum Gasteiger partial charge on any atom is -0.357 e. The van der Waals surface area contributed by atoms with Crippen LogP contribution in [0.4, 0.5) is 0 Å². The number of hydrogen-bond acceptors (Lipinski definition) is 2. The maximum absolute atomic E-state index is 5.23. The lowest BCUT2D eigenvalue weighted by molar-refractivity contribution is 0.214. The number of rotatable bonds is 4. The van der Waals surface area contributed by atoms with E-state index in [9.17, 15) is 0 Å².